The highest BCUT2D eigenvalue weighted by Gasteiger charge is 2.27. The zero-order valence-electron chi connectivity index (χ0n) is 11.6. The molecule has 0 heterocycles. The predicted molar refractivity (Wildman–Crippen MR) is 79.0 cm³/mol. The first-order valence-corrected chi connectivity index (χ1v) is 7.11. The maximum absolute atomic E-state index is 13.1. The number of carbonyl (C=O) groups excluding carboxylic acids is 2. The molecule has 0 aliphatic carbocycles. The lowest BCUT2D eigenvalue weighted by atomic mass is 10.1. The Bertz CT molecular complexity index is 530. The molecule has 7 heteroatoms. The van der Waals surface area contributed by atoms with Crippen molar-refractivity contribution in [3.05, 3.63) is 28.5 Å². The Morgan fingerprint density at radius 2 is 1.86 bits per heavy atom. The van der Waals surface area contributed by atoms with Gasteiger partial charge in [0.15, 0.2) is 5.92 Å². The van der Waals surface area contributed by atoms with Crippen LogP contribution in [0.1, 0.15) is 13.8 Å². The van der Waals surface area contributed by atoms with Crippen molar-refractivity contribution in [1.29, 1.82) is 0 Å². The largest absolute Gasteiger partial charge is 0.465 e. The van der Waals surface area contributed by atoms with Crippen LogP contribution in [0.5, 0.6) is 0 Å². The molecule has 1 aromatic rings. The van der Waals surface area contributed by atoms with Crippen LogP contribution in [-0.2, 0) is 19.1 Å². The van der Waals surface area contributed by atoms with Gasteiger partial charge in [0.1, 0.15) is 5.82 Å². The van der Waals surface area contributed by atoms with Crippen molar-refractivity contribution in [2.45, 2.75) is 13.8 Å². The third-order valence-corrected chi connectivity index (χ3v) is 2.96. The van der Waals surface area contributed by atoms with E-state index in [9.17, 15) is 14.0 Å². The van der Waals surface area contributed by atoms with E-state index in [1.807, 2.05) is 0 Å². The standard InChI is InChI=1S/C14H15BrFNO4/c1-3-20-13(18)10(14(19)21-4-2)8-17-9-5-6-12(16)11(15)7-9/h5-8,10H,3-4H2,1-2H3. The summed E-state index contributed by atoms with van der Waals surface area (Å²) in [6.45, 7) is 3.55. The molecule has 1 aromatic carbocycles. The van der Waals surface area contributed by atoms with Gasteiger partial charge in [-0.05, 0) is 48.0 Å². The molecular formula is C14H15BrFNO4. The predicted octanol–water partition coefficient (Wildman–Crippen LogP) is 3.03. The third kappa shape index (κ3) is 5.26. The number of ether oxygens (including phenoxy) is 2. The minimum atomic E-state index is -1.24. The Hall–Kier alpha value is -1.76. The van der Waals surface area contributed by atoms with Crippen LogP contribution in [0.25, 0.3) is 0 Å². The van der Waals surface area contributed by atoms with Crippen LogP contribution in [0.4, 0.5) is 10.1 Å². The zero-order chi connectivity index (χ0) is 15.8. The van der Waals surface area contributed by atoms with E-state index >= 15 is 0 Å². The summed E-state index contributed by atoms with van der Waals surface area (Å²) in [5.74, 6) is -3.14. The lowest BCUT2D eigenvalue weighted by molar-refractivity contribution is -0.157. The average molecular weight is 360 g/mol. The Balaban J connectivity index is 2.93. The summed E-state index contributed by atoms with van der Waals surface area (Å²) in [5.41, 5.74) is 0.391. The summed E-state index contributed by atoms with van der Waals surface area (Å²) in [5, 5.41) is 0. The van der Waals surface area contributed by atoms with Crippen molar-refractivity contribution < 1.29 is 23.5 Å². The number of nitrogens with zero attached hydrogens (tertiary/aromatic N) is 1. The minimum Gasteiger partial charge on any atom is -0.465 e. The first-order valence-electron chi connectivity index (χ1n) is 6.32. The first-order chi connectivity index (χ1) is 9.99. The number of hydrogen-bond acceptors (Lipinski definition) is 5. The summed E-state index contributed by atoms with van der Waals surface area (Å²) >= 11 is 3.03. The van der Waals surface area contributed by atoms with Crippen molar-refractivity contribution in [1.82, 2.24) is 0 Å². The van der Waals surface area contributed by atoms with Crippen LogP contribution >= 0.6 is 15.9 Å². The van der Waals surface area contributed by atoms with Gasteiger partial charge in [-0.2, -0.15) is 0 Å². The normalized spacial score (nSPS) is 10.9. The van der Waals surface area contributed by atoms with Gasteiger partial charge in [0.2, 0.25) is 0 Å². The number of rotatable bonds is 6. The van der Waals surface area contributed by atoms with Crippen molar-refractivity contribution in [2.75, 3.05) is 13.2 Å². The zero-order valence-corrected chi connectivity index (χ0v) is 13.2. The molecule has 0 saturated heterocycles. The van der Waals surface area contributed by atoms with Gasteiger partial charge < -0.3 is 9.47 Å². The van der Waals surface area contributed by atoms with E-state index < -0.39 is 23.7 Å². The molecule has 0 aromatic heterocycles. The van der Waals surface area contributed by atoms with E-state index in [1.165, 1.54) is 18.2 Å². The van der Waals surface area contributed by atoms with Gasteiger partial charge >= 0.3 is 11.9 Å². The highest BCUT2D eigenvalue weighted by molar-refractivity contribution is 9.10. The molecule has 0 bridgehead atoms. The molecule has 0 spiro atoms. The molecule has 0 radical (unpaired) electrons. The fourth-order valence-corrected chi connectivity index (χ4v) is 1.77. The van der Waals surface area contributed by atoms with Crippen molar-refractivity contribution in [3.8, 4) is 0 Å². The lowest BCUT2D eigenvalue weighted by Gasteiger charge is -2.10. The molecule has 114 valence electrons. The van der Waals surface area contributed by atoms with E-state index in [0.29, 0.717) is 5.69 Å². The fraction of sp³-hybridized carbons (Fsp3) is 0.357. The smallest absolute Gasteiger partial charge is 0.325 e. The van der Waals surface area contributed by atoms with Gasteiger partial charge in [0.25, 0.3) is 0 Å². The Labute approximate surface area is 130 Å². The second-order valence-electron chi connectivity index (χ2n) is 3.86. The molecule has 0 aliphatic heterocycles. The van der Waals surface area contributed by atoms with Crippen LogP contribution < -0.4 is 0 Å². The topological polar surface area (TPSA) is 65.0 Å². The van der Waals surface area contributed by atoms with E-state index in [0.717, 1.165) is 6.21 Å². The average Bonchev–Trinajstić information content (AvgIpc) is 2.43. The highest BCUT2D eigenvalue weighted by atomic mass is 79.9. The SMILES string of the molecule is CCOC(=O)C(C=Nc1ccc(F)c(Br)c1)C(=O)OCC. The van der Waals surface area contributed by atoms with Crippen molar-refractivity contribution in [3.63, 3.8) is 0 Å². The summed E-state index contributed by atoms with van der Waals surface area (Å²) in [6, 6.07) is 4.07. The maximum Gasteiger partial charge on any atom is 0.325 e. The highest BCUT2D eigenvalue weighted by Crippen LogP contribution is 2.22. The van der Waals surface area contributed by atoms with Crippen LogP contribution in [0.2, 0.25) is 0 Å². The molecule has 0 unspecified atom stereocenters. The third-order valence-electron chi connectivity index (χ3n) is 2.36. The van der Waals surface area contributed by atoms with Gasteiger partial charge in [-0.25, -0.2) is 4.39 Å². The second kappa shape index (κ2) is 8.51. The number of esters is 2. The number of carbonyl (C=O) groups is 2. The first kappa shape index (κ1) is 17.3. The van der Waals surface area contributed by atoms with Crippen LogP contribution in [0.3, 0.4) is 0 Å². The van der Waals surface area contributed by atoms with Gasteiger partial charge in [0.05, 0.1) is 23.4 Å². The summed E-state index contributed by atoms with van der Waals surface area (Å²) in [4.78, 5) is 27.4. The molecule has 0 aliphatic rings. The minimum absolute atomic E-state index is 0.144. The van der Waals surface area contributed by atoms with Gasteiger partial charge in [-0.15, -0.1) is 0 Å². The monoisotopic (exact) mass is 359 g/mol. The van der Waals surface area contributed by atoms with Crippen LogP contribution in [0.15, 0.2) is 27.7 Å². The van der Waals surface area contributed by atoms with E-state index in [4.69, 9.17) is 9.47 Å². The molecule has 21 heavy (non-hydrogen) atoms. The lowest BCUT2D eigenvalue weighted by Crippen LogP contribution is -2.29. The van der Waals surface area contributed by atoms with Crippen LogP contribution in [0, 0.1) is 11.7 Å². The van der Waals surface area contributed by atoms with Gasteiger partial charge in [0, 0.05) is 6.21 Å². The molecule has 1 rings (SSSR count). The number of aliphatic imine (C=N–C) groups is 1. The molecule has 0 atom stereocenters. The van der Waals surface area contributed by atoms with E-state index in [2.05, 4.69) is 20.9 Å². The van der Waals surface area contributed by atoms with E-state index in [1.54, 1.807) is 13.8 Å². The van der Waals surface area contributed by atoms with E-state index in [-0.39, 0.29) is 17.7 Å². The molecule has 5 nitrogen and oxygen atoms in total. The Kier molecular flexibility index (Phi) is 7.01. The summed E-state index contributed by atoms with van der Waals surface area (Å²) in [7, 11) is 0. The number of benzene rings is 1. The van der Waals surface area contributed by atoms with Gasteiger partial charge in [-0.3, -0.25) is 14.6 Å². The number of halogens is 2. The Morgan fingerprint density at radius 3 is 2.33 bits per heavy atom. The summed E-state index contributed by atoms with van der Waals surface area (Å²) < 4.78 is 22.9. The van der Waals surface area contributed by atoms with Crippen LogP contribution in [-0.4, -0.2) is 31.4 Å². The molecule has 0 N–H and O–H groups in total. The quantitative estimate of drug-likeness (QED) is 0.444. The molecule has 0 amide bonds. The second-order valence-corrected chi connectivity index (χ2v) is 4.71. The fourth-order valence-electron chi connectivity index (χ4n) is 1.41. The Morgan fingerprint density at radius 1 is 1.29 bits per heavy atom. The van der Waals surface area contributed by atoms with Crippen molar-refractivity contribution >= 4 is 39.8 Å². The summed E-state index contributed by atoms with van der Waals surface area (Å²) in [6.07, 6.45) is 1.13. The molecular weight excluding hydrogens is 345 g/mol. The van der Waals surface area contributed by atoms with Crippen molar-refractivity contribution in [2.24, 2.45) is 10.9 Å². The number of hydrogen-bond donors (Lipinski definition) is 0. The molecule has 0 saturated carbocycles. The molecule has 0 fully saturated rings. The van der Waals surface area contributed by atoms with Gasteiger partial charge in [-0.1, -0.05) is 0 Å². The maximum atomic E-state index is 13.1.